The van der Waals surface area contributed by atoms with Crippen LogP contribution in [0.2, 0.25) is 0 Å². The quantitative estimate of drug-likeness (QED) is 0.791. The number of nitrogens with one attached hydrogen (secondary N) is 2. The Labute approximate surface area is 145 Å². The van der Waals surface area contributed by atoms with Crippen LogP contribution in [-0.4, -0.2) is 29.9 Å². The zero-order valence-corrected chi connectivity index (χ0v) is 14.0. The van der Waals surface area contributed by atoms with Crippen molar-refractivity contribution in [3.05, 3.63) is 65.2 Å². The monoisotopic (exact) mass is 338 g/mol. The molecule has 0 aromatic heterocycles. The highest BCUT2D eigenvalue weighted by molar-refractivity contribution is 6.02. The van der Waals surface area contributed by atoms with Gasteiger partial charge >= 0.3 is 0 Å². The van der Waals surface area contributed by atoms with Gasteiger partial charge in [0.05, 0.1) is 6.54 Å². The minimum atomic E-state index is -0.440. The number of hydrogen-bond donors (Lipinski definition) is 2. The second kappa shape index (κ2) is 8.01. The first-order valence-corrected chi connectivity index (χ1v) is 7.67. The summed E-state index contributed by atoms with van der Waals surface area (Å²) in [4.78, 5) is 46.5. The minimum absolute atomic E-state index is 0.0575. The molecule has 0 saturated carbocycles. The maximum absolute atomic E-state index is 12.1. The second-order valence-electron chi connectivity index (χ2n) is 5.50. The Balaban J connectivity index is 1.91. The molecule has 0 aliphatic heterocycles. The lowest BCUT2D eigenvalue weighted by Gasteiger charge is -2.08. The number of carbonyl (C=O) groups excluding carboxylic acids is 4. The molecule has 0 bridgehead atoms. The molecule has 0 unspecified atom stereocenters. The molecule has 6 heteroatoms. The molecule has 0 aliphatic rings. The third kappa shape index (κ3) is 5.10. The summed E-state index contributed by atoms with van der Waals surface area (Å²) in [6.45, 7) is 2.67. The number of benzene rings is 2. The van der Waals surface area contributed by atoms with E-state index in [1.54, 1.807) is 42.5 Å². The fourth-order valence-electron chi connectivity index (χ4n) is 2.14. The predicted molar refractivity (Wildman–Crippen MR) is 93.9 cm³/mol. The van der Waals surface area contributed by atoms with Crippen LogP contribution < -0.4 is 10.6 Å². The van der Waals surface area contributed by atoms with E-state index in [0.717, 1.165) is 0 Å². The average molecular weight is 338 g/mol. The summed E-state index contributed by atoms with van der Waals surface area (Å²) in [6.07, 6.45) is 0. The molecule has 0 atom stereocenters. The molecular weight excluding hydrogens is 320 g/mol. The maximum atomic E-state index is 12.1. The Kier molecular flexibility index (Phi) is 5.79. The standard InChI is InChI=1S/C19H18N2O4/c1-12(22)14-6-8-17(9-7-14)21-18(24)11-20-19(25)16-5-3-4-15(10-16)13(2)23/h3-10H,11H2,1-2H3,(H,20,25)(H,21,24). The number of amides is 2. The Morgan fingerprint density at radius 3 is 2.00 bits per heavy atom. The zero-order valence-electron chi connectivity index (χ0n) is 14.0. The van der Waals surface area contributed by atoms with Crippen LogP contribution in [0, 0.1) is 0 Å². The molecular formula is C19H18N2O4. The molecule has 0 heterocycles. The molecule has 2 aromatic rings. The van der Waals surface area contributed by atoms with Crippen molar-refractivity contribution in [3.63, 3.8) is 0 Å². The SMILES string of the molecule is CC(=O)c1ccc(NC(=O)CNC(=O)c2cccc(C(C)=O)c2)cc1. The van der Waals surface area contributed by atoms with Crippen LogP contribution in [0.15, 0.2) is 48.5 Å². The Morgan fingerprint density at radius 1 is 0.800 bits per heavy atom. The molecule has 2 aromatic carbocycles. The molecule has 0 fully saturated rings. The van der Waals surface area contributed by atoms with Crippen LogP contribution in [0.5, 0.6) is 0 Å². The summed E-state index contributed by atoms with van der Waals surface area (Å²) in [5.74, 6) is -1.03. The van der Waals surface area contributed by atoms with Crippen LogP contribution in [0.3, 0.4) is 0 Å². The first-order chi connectivity index (χ1) is 11.9. The molecule has 2 rings (SSSR count). The van der Waals surface area contributed by atoms with Crippen molar-refractivity contribution in [1.29, 1.82) is 0 Å². The summed E-state index contributed by atoms with van der Waals surface area (Å²) < 4.78 is 0. The van der Waals surface area contributed by atoms with Crippen molar-refractivity contribution >= 4 is 29.1 Å². The third-order valence-electron chi connectivity index (χ3n) is 3.52. The summed E-state index contributed by atoms with van der Waals surface area (Å²) in [5.41, 5.74) is 1.83. The summed E-state index contributed by atoms with van der Waals surface area (Å²) in [5, 5.41) is 5.12. The summed E-state index contributed by atoms with van der Waals surface area (Å²) >= 11 is 0. The van der Waals surface area contributed by atoms with Gasteiger partial charge in [-0.15, -0.1) is 0 Å². The van der Waals surface area contributed by atoms with Gasteiger partial charge in [0.1, 0.15) is 0 Å². The first kappa shape index (κ1) is 18.1. The molecule has 25 heavy (non-hydrogen) atoms. The topological polar surface area (TPSA) is 92.3 Å². The van der Waals surface area contributed by atoms with Gasteiger partial charge in [-0.1, -0.05) is 12.1 Å². The van der Waals surface area contributed by atoms with E-state index in [1.807, 2.05) is 0 Å². The highest BCUT2D eigenvalue weighted by Gasteiger charge is 2.10. The largest absolute Gasteiger partial charge is 0.343 e. The first-order valence-electron chi connectivity index (χ1n) is 7.67. The van der Waals surface area contributed by atoms with E-state index in [2.05, 4.69) is 10.6 Å². The van der Waals surface area contributed by atoms with E-state index in [0.29, 0.717) is 22.4 Å². The third-order valence-corrected chi connectivity index (χ3v) is 3.52. The minimum Gasteiger partial charge on any atom is -0.343 e. The van der Waals surface area contributed by atoms with Crippen molar-refractivity contribution < 1.29 is 19.2 Å². The molecule has 2 amide bonds. The highest BCUT2D eigenvalue weighted by atomic mass is 16.2. The van der Waals surface area contributed by atoms with E-state index in [9.17, 15) is 19.2 Å². The average Bonchev–Trinajstić information content (AvgIpc) is 2.60. The van der Waals surface area contributed by atoms with Gasteiger partial charge in [-0.2, -0.15) is 0 Å². The van der Waals surface area contributed by atoms with Crippen molar-refractivity contribution in [2.75, 3.05) is 11.9 Å². The lowest BCUT2D eigenvalue weighted by Crippen LogP contribution is -2.32. The van der Waals surface area contributed by atoms with E-state index in [4.69, 9.17) is 0 Å². The Morgan fingerprint density at radius 2 is 1.40 bits per heavy atom. The lowest BCUT2D eigenvalue weighted by atomic mass is 10.1. The van der Waals surface area contributed by atoms with E-state index in [1.165, 1.54) is 19.9 Å². The molecule has 0 saturated heterocycles. The fraction of sp³-hybridized carbons (Fsp3) is 0.158. The number of hydrogen-bond acceptors (Lipinski definition) is 4. The molecule has 0 aliphatic carbocycles. The summed E-state index contributed by atoms with van der Waals surface area (Å²) in [7, 11) is 0. The number of anilines is 1. The van der Waals surface area contributed by atoms with E-state index < -0.39 is 11.8 Å². The second-order valence-corrected chi connectivity index (χ2v) is 5.50. The van der Waals surface area contributed by atoms with Crippen LogP contribution in [0.25, 0.3) is 0 Å². The van der Waals surface area contributed by atoms with Gasteiger partial charge < -0.3 is 10.6 Å². The van der Waals surface area contributed by atoms with Crippen molar-refractivity contribution in [1.82, 2.24) is 5.32 Å². The Hall–Kier alpha value is -3.28. The molecule has 0 spiro atoms. The number of Topliss-reactive ketones (excluding diaryl/α,β-unsaturated/α-hetero) is 2. The number of ketones is 2. The van der Waals surface area contributed by atoms with E-state index in [-0.39, 0.29) is 18.1 Å². The predicted octanol–water partition coefficient (Wildman–Crippen LogP) is 2.46. The highest BCUT2D eigenvalue weighted by Crippen LogP contribution is 2.10. The van der Waals surface area contributed by atoms with Crippen LogP contribution in [-0.2, 0) is 4.79 Å². The van der Waals surface area contributed by atoms with Gasteiger partial charge in [0.2, 0.25) is 5.91 Å². The van der Waals surface area contributed by atoms with Gasteiger partial charge in [0.15, 0.2) is 11.6 Å². The van der Waals surface area contributed by atoms with Crippen molar-refractivity contribution in [2.45, 2.75) is 13.8 Å². The lowest BCUT2D eigenvalue weighted by molar-refractivity contribution is -0.115. The van der Waals surface area contributed by atoms with Crippen LogP contribution in [0.1, 0.15) is 44.9 Å². The Bertz CT molecular complexity index is 826. The van der Waals surface area contributed by atoms with Crippen molar-refractivity contribution in [3.8, 4) is 0 Å². The summed E-state index contributed by atoms with van der Waals surface area (Å²) in [6, 6.07) is 12.8. The van der Waals surface area contributed by atoms with Crippen LogP contribution >= 0.6 is 0 Å². The van der Waals surface area contributed by atoms with Gasteiger partial charge in [-0.25, -0.2) is 0 Å². The van der Waals surface area contributed by atoms with Gasteiger partial charge in [-0.3, -0.25) is 19.2 Å². The maximum Gasteiger partial charge on any atom is 0.251 e. The van der Waals surface area contributed by atoms with Gasteiger partial charge in [-0.05, 0) is 50.2 Å². The van der Waals surface area contributed by atoms with Crippen molar-refractivity contribution in [2.24, 2.45) is 0 Å². The zero-order chi connectivity index (χ0) is 18.4. The number of carbonyl (C=O) groups is 4. The molecule has 6 nitrogen and oxygen atoms in total. The fourth-order valence-corrected chi connectivity index (χ4v) is 2.14. The molecule has 0 radical (unpaired) electrons. The van der Waals surface area contributed by atoms with Gasteiger partial charge in [0, 0.05) is 22.4 Å². The number of rotatable bonds is 6. The normalized spacial score (nSPS) is 10.0. The van der Waals surface area contributed by atoms with Gasteiger partial charge in [0.25, 0.3) is 5.91 Å². The van der Waals surface area contributed by atoms with Crippen LogP contribution in [0.4, 0.5) is 5.69 Å². The van der Waals surface area contributed by atoms with E-state index >= 15 is 0 Å². The molecule has 128 valence electrons. The molecule has 2 N–H and O–H groups in total. The smallest absolute Gasteiger partial charge is 0.251 e.